The number of carboxylic acids is 2. The molecule has 0 saturated carbocycles. The second-order valence-corrected chi connectivity index (χ2v) is 7.42. The van der Waals surface area contributed by atoms with Crippen molar-refractivity contribution < 1.29 is 34.3 Å². The molecule has 0 aliphatic heterocycles. The molecule has 0 aliphatic rings. The number of nitro benzene ring substituents is 1. The fraction of sp³-hybridized carbons (Fsp3) is 0.211. The highest BCUT2D eigenvalue weighted by atomic mass is 35.5. The summed E-state index contributed by atoms with van der Waals surface area (Å²) in [6, 6.07) is 5.02. The molecule has 0 heterocycles. The second-order valence-electron chi connectivity index (χ2n) is 6.61. The summed E-state index contributed by atoms with van der Waals surface area (Å²) in [6.45, 7) is -0.725. The van der Waals surface area contributed by atoms with Crippen LogP contribution in [0, 0.1) is 10.1 Å². The highest BCUT2D eigenvalue weighted by Gasteiger charge is 2.17. The first-order valence-electron chi connectivity index (χ1n) is 9.30. The van der Waals surface area contributed by atoms with Crippen LogP contribution < -0.4 is 15.8 Å². The van der Waals surface area contributed by atoms with Gasteiger partial charge in [0.2, 0.25) is 5.91 Å². The monoisotopic (exact) mass is 513 g/mol. The van der Waals surface area contributed by atoms with E-state index in [1.807, 2.05) is 0 Å². The van der Waals surface area contributed by atoms with Crippen molar-refractivity contribution in [2.24, 2.45) is 16.0 Å². The number of azo groups is 1. The van der Waals surface area contributed by atoms with E-state index in [0.29, 0.717) is 0 Å². The first kappa shape index (κ1) is 26.4. The van der Waals surface area contributed by atoms with E-state index in [1.54, 1.807) is 0 Å². The van der Waals surface area contributed by atoms with Gasteiger partial charge in [-0.15, -0.1) is 10.2 Å². The van der Waals surface area contributed by atoms with Gasteiger partial charge >= 0.3 is 11.9 Å². The summed E-state index contributed by atoms with van der Waals surface area (Å²) in [5, 5.41) is 38.6. The molecule has 13 nitrogen and oxygen atoms in total. The van der Waals surface area contributed by atoms with Gasteiger partial charge in [0.25, 0.3) is 5.69 Å². The molecule has 15 heteroatoms. The Balaban J connectivity index is 2.26. The Morgan fingerprint density at radius 2 is 1.79 bits per heavy atom. The predicted octanol–water partition coefficient (Wildman–Crippen LogP) is 3.91. The molecule has 0 aliphatic carbocycles. The molecule has 0 bridgehead atoms. The zero-order valence-electron chi connectivity index (χ0n) is 17.1. The van der Waals surface area contributed by atoms with Crippen LogP contribution in [0.4, 0.5) is 22.7 Å². The van der Waals surface area contributed by atoms with Crippen LogP contribution in [0.25, 0.3) is 0 Å². The number of rotatable bonds is 11. The van der Waals surface area contributed by atoms with Gasteiger partial charge in [-0.25, -0.2) is 4.79 Å². The van der Waals surface area contributed by atoms with Gasteiger partial charge in [0.05, 0.1) is 9.95 Å². The second kappa shape index (κ2) is 11.9. The summed E-state index contributed by atoms with van der Waals surface area (Å²) in [4.78, 5) is 43.9. The van der Waals surface area contributed by atoms with E-state index in [0.717, 1.165) is 12.1 Å². The minimum Gasteiger partial charge on any atom is -0.480 e. The minimum atomic E-state index is -1.27. The van der Waals surface area contributed by atoms with E-state index in [4.69, 9.17) is 43.9 Å². The van der Waals surface area contributed by atoms with Crippen molar-refractivity contribution in [2.45, 2.75) is 18.9 Å². The number of nitrogens with one attached hydrogen (secondary N) is 1. The highest BCUT2D eigenvalue weighted by Crippen LogP contribution is 2.38. The number of hydrogen-bond donors (Lipinski definition) is 4. The number of halogens is 2. The minimum absolute atomic E-state index is 0.00796. The molecule has 0 radical (unpaired) electrons. The first-order chi connectivity index (χ1) is 16.0. The van der Waals surface area contributed by atoms with Crippen LogP contribution in [0.1, 0.15) is 12.8 Å². The Kier molecular flexibility index (Phi) is 9.24. The van der Waals surface area contributed by atoms with Gasteiger partial charge in [0.15, 0.2) is 6.61 Å². The van der Waals surface area contributed by atoms with Crippen molar-refractivity contribution in [3.8, 4) is 5.75 Å². The number of benzene rings is 2. The van der Waals surface area contributed by atoms with Crippen molar-refractivity contribution in [1.29, 1.82) is 0 Å². The van der Waals surface area contributed by atoms with Gasteiger partial charge in [-0.2, -0.15) is 0 Å². The van der Waals surface area contributed by atoms with Gasteiger partial charge in [-0.3, -0.25) is 19.7 Å². The summed E-state index contributed by atoms with van der Waals surface area (Å²) in [6.07, 6.45) is -0.256. The third kappa shape index (κ3) is 7.65. The summed E-state index contributed by atoms with van der Waals surface area (Å²) in [5.74, 6) is -3.09. The molecule has 1 unspecified atom stereocenters. The van der Waals surface area contributed by atoms with Crippen molar-refractivity contribution in [3.63, 3.8) is 0 Å². The summed E-state index contributed by atoms with van der Waals surface area (Å²) < 4.78 is 5.19. The number of nitrogens with zero attached hydrogens (tertiary/aromatic N) is 3. The predicted molar refractivity (Wildman–Crippen MR) is 120 cm³/mol. The molecule has 0 aromatic heterocycles. The molecule has 180 valence electrons. The number of nitro groups is 1. The number of ether oxygens (including phenoxy) is 1. The molecular formula is C19H17Cl2N5O8. The molecule has 2 aromatic rings. The van der Waals surface area contributed by atoms with Crippen LogP contribution in [0.5, 0.6) is 5.75 Å². The number of aliphatic carboxylic acids is 2. The Labute approximate surface area is 201 Å². The summed E-state index contributed by atoms with van der Waals surface area (Å²) >= 11 is 11.8. The molecule has 1 atom stereocenters. The Morgan fingerprint density at radius 3 is 2.41 bits per heavy atom. The molecule has 5 N–H and O–H groups in total. The normalized spacial score (nSPS) is 11.7. The van der Waals surface area contributed by atoms with Crippen molar-refractivity contribution in [2.75, 3.05) is 11.9 Å². The van der Waals surface area contributed by atoms with E-state index in [1.165, 1.54) is 18.2 Å². The number of nitrogens with two attached hydrogens (primary N) is 1. The van der Waals surface area contributed by atoms with Crippen molar-refractivity contribution in [3.05, 3.63) is 50.5 Å². The molecular weight excluding hydrogens is 497 g/mol. The van der Waals surface area contributed by atoms with Gasteiger partial charge < -0.3 is 26.0 Å². The molecule has 0 fully saturated rings. The standard InChI is InChI=1S/C19H17Cl2N5O8/c20-10-7-15(26(32)33)11(21)6-14(10)25-24-13-3-1-9(5-16(13)34-8-18(28)29)23-17(27)4-2-12(22)19(30)31/h1,3,5-7,12H,2,4,8,22H2,(H,23,27)(H,28,29)(H,30,31)/b25-24+. The summed E-state index contributed by atoms with van der Waals surface area (Å²) in [5.41, 5.74) is 5.22. The SMILES string of the molecule is NC(CCC(=O)Nc1ccc(/N=N/c2cc(Cl)c([N+](=O)[O-])cc2Cl)c(OCC(=O)O)c1)C(=O)O. The van der Waals surface area contributed by atoms with E-state index in [-0.39, 0.29) is 45.7 Å². The smallest absolute Gasteiger partial charge is 0.341 e. The Hall–Kier alpha value is -3.81. The lowest BCUT2D eigenvalue weighted by Gasteiger charge is -2.11. The average Bonchev–Trinajstić information content (AvgIpc) is 2.76. The van der Waals surface area contributed by atoms with Gasteiger partial charge in [0, 0.05) is 24.2 Å². The van der Waals surface area contributed by atoms with Crippen LogP contribution in [-0.4, -0.2) is 45.6 Å². The van der Waals surface area contributed by atoms with E-state index in [9.17, 15) is 24.5 Å². The van der Waals surface area contributed by atoms with Crippen molar-refractivity contribution in [1.82, 2.24) is 0 Å². The van der Waals surface area contributed by atoms with Crippen LogP contribution >= 0.6 is 23.2 Å². The van der Waals surface area contributed by atoms with Gasteiger partial charge in [0.1, 0.15) is 28.2 Å². The molecule has 34 heavy (non-hydrogen) atoms. The zero-order valence-corrected chi connectivity index (χ0v) is 18.6. The third-order valence-corrected chi connectivity index (χ3v) is 4.68. The molecule has 2 aromatic carbocycles. The van der Waals surface area contributed by atoms with Crippen LogP contribution in [0.3, 0.4) is 0 Å². The van der Waals surface area contributed by atoms with Crippen LogP contribution in [-0.2, 0) is 14.4 Å². The summed E-state index contributed by atoms with van der Waals surface area (Å²) in [7, 11) is 0. The maximum atomic E-state index is 12.0. The largest absolute Gasteiger partial charge is 0.480 e. The third-order valence-electron chi connectivity index (χ3n) is 4.07. The fourth-order valence-electron chi connectivity index (χ4n) is 2.41. The molecule has 0 saturated heterocycles. The Bertz CT molecular complexity index is 1160. The lowest BCUT2D eigenvalue weighted by Crippen LogP contribution is -2.31. The molecule has 1 amide bonds. The molecule has 2 rings (SSSR count). The molecule has 0 spiro atoms. The van der Waals surface area contributed by atoms with Crippen LogP contribution in [0.15, 0.2) is 40.6 Å². The van der Waals surface area contributed by atoms with E-state index >= 15 is 0 Å². The quantitative estimate of drug-likeness (QED) is 0.194. The van der Waals surface area contributed by atoms with Crippen molar-refractivity contribution >= 4 is 63.8 Å². The van der Waals surface area contributed by atoms with Crippen LogP contribution in [0.2, 0.25) is 10.0 Å². The van der Waals surface area contributed by atoms with Gasteiger partial charge in [-0.05, 0) is 24.6 Å². The maximum Gasteiger partial charge on any atom is 0.341 e. The highest BCUT2D eigenvalue weighted by molar-refractivity contribution is 6.36. The number of anilines is 1. The number of carbonyl (C=O) groups excluding carboxylic acids is 1. The lowest BCUT2D eigenvalue weighted by atomic mass is 10.1. The average molecular weight is 514 g/mol. The zero-order chi connectivity index (χ0) is 25.4. The topological polar surface area (TPSA) is 207 Å². The Morgan fingerprint density at radius 1 is 1.12 bits per heavy atom. The lowest BCUT2D eigenvalue weighted by molar-refractivity contribution is -0.384. The fourth-order valence-corrected chi connectivity index (χ4v) is 2.84. The first-order valence-corrected chi connectivity index (χ1v) is 10.1. The van der Waals surface area contributed by atoms with E-state index < -0.39 is 41.1 Å². The van der Waals surface area contributed by atoms with E-state index in [2.05, 4.69) is 15.5 Å². The number of carbonyl (C=O) groups is 3. The van der Waals surface area contributed by atoms with Gasteiger partial charge in [-0.1, -0.05) is 23.2 Å². The number of carboxylic acid groups (broad SMARTS) is 2. The number of amides is 1. The maximum absolute atomic E-state index is 12.0. The number of hydrogen-bond acceptors (Lipinski definition) is 9.